The summed E-state index contributed by atoms with van der Waals surface area (Å²) in [6.07, 6.45) is 4.50. The van der Waals surface area contributed by atoms with Gasteiger partial charge in [0.05, 0.1) is 0 Å². The Kier molecular flexibility index (Phi) is 7.42. The summed E-state index contributed by atoms with van der Waals surface area (Å²) in [6.45, 7) is 0. The van der Waals surface area contributed by atoms with Crippen LogP contribution in [0.5, 0.6) is 0 Å². The summed E-state index contributed by atoms with van der Waals surface area (Å²) in [5, 5.41) is 10.0. The lowest BCUT2D eigenvalue weighted by molar-refractivity contribution is 1.14. The Bertz CT molecular complexity index is 2330. The Balaban J connectivity index is 1.25. The van der Waals surface area contributed by atoms with Crippen molar-refractivity contribution in [3.8, 4) is 22.3 Å². The van der Waals surface area contributed by atoms with E-state index in [2.05, 4.69) is 196 Å². The molecular weight excluding hydrogens is 581 g/mol. The van der Waals surface area contributed by atoms with Crippen molar-refractivity contribution in [2.45, 2.75) is 0 Å². The first-order valence-corrected chi connectivity index (χ1v) is 16.6. The van der Waals surface area contributed by atoms with Gasteiger partial charge in [-0.3, -0.25) is 0 Å². The molecule has 0 spiro atoms. The van der Waals surface area contributed by atoms with Crippen LogP contribution in [0.4, 0.5) is 11.4 Å². The molecule has 0 aromatic heterocycles. The average Bonchev–Trinajstić information content (AvgIpc) is 3.12. The Hall–Kier alpha value is -5.86. The molecule has 0 heterocycles. The molecule has 0 aliphatic rings. The van der Waals surface area contributed by atoms with Gasteiger partial charge < -0.3 is 9.80 Å². The van der Waals surface area contributed by atoms with Gasteiger partial charge in [0.15, 0.2) is 0 Å². The first-order chi connectivity index (χ1) is 23.4. The van der Waals surface area contributed by atoms with Crippen LogP contribution in [0.2, 0.25) is 0 Å². The lowest BCUT2D eigenvalue weighted by atomic mass is 9.91. The maximum absolute atomic E-state index is 2.34. The molecular formula is C46H38N2. The van der Waals surface area contributed by atoms with E-state index in [1.165, 1.54) is 87.8 Å². The number of anilines is 2. The summed E-state index contributed by atoms with van der Waals surface area (Å²) in [6, 6.07) is 53.5. The standard InChI is InChI=1S/C46H38N2/c1-47(2)37-27-35-23-21-31(25-43(35)45(29-37)41-17-9-13-33-11-5-7-15-39(33)41)19-20-32-22-24-36-28-38(48(3)4)30-46(44(36)26-32)42-18-10-14-34-12-6-8-16-40(34)42/h5-30H,1-4H3. The molecule has 0 fully saturated rings. The number of hydrogen-bond acceptors (Lipinski definition) is 2. The molecule has 2 heteroatoms. The van der Waals surface area contributed by atoms with Crippen LogP contribution in [0.3, 0.4) is 0 Å². The van der Waals surface area contributed by atoms with Gasteiger partial charge in [-0.1, -0.05) is 121 Å². The molecule has 0 amide bonds. The smallest absolute Gasteiger partial charge is 0.0373 e. The van der Waals surface area contributed by atoms with Gasteiger partial charge in [0.25, 0.3) is 0 Å². The van der Waals surface area contributed by atoms with Crippen molar-refractivity contribution >= 4 is 66.6 Å². The molecule has 0 unspecified atom stereocenters. The van der Waals surface area contributed by atoms with Gasteiger partial charge in [-0.2, -0.15) is 0 Å². The van der Waals surface area contributed by atoms with Crippen LogP contribution in [0, 0.1) is 0 Å². The quantitative estimate of drug-likeness (QED) is 0.171. The third-order valence-corrected chi connectivity index (χ3v) is 9.59. The molecule has 2 nitrogen and oxygen atoms in total. The number of hydrogen-bond donors (Lipinski definition) is 0. The molecule has 0 aliphatic heterocycles. The zero-order chi connectivity index (χ0) is 32.8. The van der Waals surface area contributed by atoms with Crippen molar-refractivity contribution in [1.29, 1.82) is 0 Å². The number of fused-ring (bicyclic) bond motifs is 4. The summed E-state index contributed by atoms with van der Waals surface area (Å²) < 4.78 is 0. The van der Waals surface area contributed by atoms with Gasteiger partial charge in [-0.05, 0) is 113 Å². The summed E-state index contributed by atoms with van der Waals surface area (Å²) in [7, 11) is 8.45. The van der Waals surface area contributed by atoms with Crippen LogP contribution in [-0.4, -0.2) is 28.2 Å². The van der Waals surface area contributed by atoms with E-state index in [1.54, 1.807) is 0 Å². The normalized spacial score (nSPS) is 11.7. The third-order valence-electron chi connectivity index (χ3n) is 9.59. The van der Waals surface area contributed by atoms with Crippen LogP contribution in [0.15, 0.2) is 146 Å². The highest BCUT2D eigenvalue weighted by Crippen LogP contribution is 2.39. The van der Waals surface area contributed by atoms with E-state index in [9.17, 15) is 0 Å². The summed E-state index contributed by atoms with van der Waals surface area (Å²) in [4.78, 5) is 4.38. The predicted molar refractivity (Wildman–Crippen MR) is 211 cm³/mol. The Morgan fingerprint density at radius 1 is 0.333 bits per heavy atom. The molecule has 0 atom stereocenters. The van der Waals surface area contributed by atoms with Crippen molar-refractivity contribution in [3.05, 3.63) is 157 Å². The van der Waals surface area contributed by atoms with E-state index in [1.807, 2.05) is 0 Å². The fourth-order valence-electron chi connectivity index (χ4n) is 7.00. The van der Waals surface area contributed by atoms with Crippen LogP contribution in [0.25, 0.3) is 77.5 Å². The van der Waals surface area contributed by atoms with E-state index in [0.717, 1.165) is 0 Å². The van der Waals surface area contributed by atoms with E-state index >= 15 is 0 Å². The van der Waals surface area contributed by atoms with Gasteiger partial charge in [0.1, 0.15) is 0 Å². The first kappa shape index (κ1) is 29.5. The minimum atomic E-state index is 1.18. The topological polar surface area (TPSA) is 6.48 Å². The molecule has 8 rings (SSSR count). The largest absolute Gasteiger partial charge is 0.378 e. The Morgan fingerprint density at radius 2 is 0.750 bits per heavy atom. The molecule has 8 aromatic rings. The van der Waals surface area contributed by atoms with Crippen molar-refractivity contribution in [2.24, 2.45) is 0 Å². The molecule has 8 aromatic carbocycles. The molecule has 232 valence electrons. The second kappa shape index (κ2) is 12.1. The van der Waals surface area contributed by atoms with Gasteiger partial charge in [0, 0.05) is 39.6 Å². The van der Waals surface area contributed by atoms with Gasteiger partial charge >= 0.3 is 0 Å². The number of rotatable bonds is 6. The van der Waals surface area contributed by atoms with Crippen molar-refractivity contribution in [3.63, 3.8) is 0 Å². The van der Waals surface area contributed by atoms with E-state index in [0.29, 0.717) is 0 Å². The van der Waals surface area contributed by atoms with Crippen LogP contribution in [-0.2, 0) is 0 Å². The predicted octanol–water partition coefficient (Wildman–Crippen LogP) is 11.9. The van der Waals surface area contributed by atoms with Crippen molar-refractivity contribution in [2.75, 3.05) is 38.0 Å². The Labute approximate surface area is 282 Å². The van der Waals surface area contributed by atoms with Gasteiger partial charge in [0.2, 0.25) is 0 Å². The van der Waals surface area contributed by atoms with Crippen LogP contribution in [0.1, 0.15) is 11.1 Å². The van der Waals surface area contributed by atoms with Gasteiger partial charge in [-0.15, -0.1) is 0 Å². The summed E-state index contributed by atoms with van der Waals surface area (Å²) >= 11 is 0. The molecule has 0 bridgehead atoms. The molecule has 0 saturated carbocycles. The second-order valence-electron chi connectivity index (χ2n) is 13.1. The minimum absolute atomic E-state index is 1.18. The number of benzene rings is 8. The van der Waals surface area contributed by atoms with Crippen LogP contribution >= 0.6 is 0 Å². The highest BCUT2D eigenvalue weighted by Gasteiger charge is 2.13. The average molecular weight is 619 g/mol. The minimum Gasteiger partial charge on any atom is -0.378 e. The highest BCUT2D eigenvalue weighted by molar-refractivity contribution is 6.09. The van der Waals surface area contributed by atoms with E-state index in [-0.39, 0.29) is 0 Å². The molecule has 0 N–H and O–H groups in total. The van der Waals surface area contributed by atoms with Crippen molar-refractivity contribution < 1.29 is 0 Å². The van der Waals surface area contributed by atoms with Crippen molar-refractivity contribution in [1.82, 2.24) is 0 Å². The molecule has 0 radical (unpaired) electrons. The summed E-state index contributed by atoms with van der Waals surface area (Å²) in [5.74, 6) is 0. The monoisotopic (exact) mass is 618 g/mol. The van der Waals surface area contributed by atoms with Gasteiger partial charge in [-0.25, -0.2) is 0 Å². The molecule has 0 saturated heterocycles. The zero-order valence-corrected chi connectivity index (χ0v) is 27.9. The maximum atomic E-state index is 2.34. The van der Waals surface area contributed by atoms with E-state index in [4.69, 9.17) is 0 Å². The fraction of sp³-hybridized carbons (Fsp3) is 0.0870. The fourth-order valence-corrected chi connectivity index (χ4v) is 7.00. The van der Waals surface area contributed by atoms with Crippen LogP contribution < -0.4 is 9.80 Å². The SMILES string of the molecule is CN(C)c1cc(-c2cccc3ccccc23)c2cc(C=Cc3ccc4cc(N(C)C)cc(-c5cccc6ccccc56)c4c3)ccc2c1. The third kappa shape index (κ3) is 5.36. The lowest BCUT2D eigenvalue weighted by Gasteiger charge is -2.18. The molecule has 48 heavy (non-hydrogen) atoms. The first-order valence-electron chi connectivity index (χ1n) is 16.6. The zero-order valence-electron chi connectivity index (χ0n) is 27.9. The van der Waals surface area contributed by atoms with E-state index < -0.39 is 0 Å². The molecule has 0 aliphatic carbocycles. The summed E-state index contributed by atoms with van der Waals surface area (Å²) in [5.41, 5.74) is 9.79. The lowest BCUT2D eigenvalue weighted by Crippen LogP contribution is -2.08. The Morgan fingerprint density at radius 3 is 1.19 bits per heavy atom. The second-order valence-corrected chi connectivity index (χ2v) is 13.1. The number of nitrogens with zero attached hydrogens (tertiary/aromatic N) is 2. The maximum Gasteiger partial charge on any atom is 0.0373 e. The highest BCUT2D eigenvalue weighted by atomic mass is 15.1.